The van der Waals surface area contributed by atoms with Gasteiger partial charge in [0.05, 0.1) is 0 Å². The van der Waals surface area contributed by atoms with Crippen LogP contribution in [0, 0.1) is 5.82 Å². The maximum atomic E-state index is 13.1. The first-order valence-corrected chi connectivity index (χ1v) is 7.91. The Kier molecular flexibility index (Phi) is 7.98. The number of rotatable bonds is 8. The molecule has 1 rings (SSSR count). The van der Waals surface area contributed by atoms with Gasteiger partial charge >= 0.3 is 17.9 Å². The Balaban J connectivity index is 3.28. The predicted molar refractivity (Wildman–Crippen MR) is 88.2 cm³/mol. The van der Waals surface area contributed by atoms with Gasteiger partial charge in [-0.25, -0.2) is 9.18 Å². The summed E-state index contributed by atoms with van der Waals surface area (Å²) in [5, 5.41) is 9.26. The van der Waals surface area contributed by atoms with Crippen LogP contribution in [0.1, 0.15) is 13.8 Å². The molecule has 1 aromatic rings. The van der Waals surface area contributed by atoms with Gasteiger partial charge in [-0.3, -0.25) is 14.4 Å². The van der Waals surface area contributed by atoms with Crippen molar-refractivity contribution < 1.29 is 38.1 Å². The van der Waals surface area contributed by atoms with E-state index < -0.39 is 41.8 Å². The number of halogens is 2. The van der Waals surface area contributed by atoms with Crippen LogP contribution in [-0.4, -0.2) is 53.6 Å². The highest BCUT2D eigenvalue weighted by molar-refractivity contribution is 6.18. The lowest BCUT2D eigenvalue weighted by Crippen LogP contribution is -2.52. The van der Waals surface area contributed by atoms with E-state index in [1.54, 1.807) is 0 Å². The van der Waals surface area contributed by atoms with E-state index >= 15 is 0 Å². The number of benzene rings is 1. The van der Waals surface area contributed by atoms with Crippen molar-refractivity contribution in [3.63, 3.8) is 0 Å². The third-order valence-corrected chi connectivity index (χ3v) is 3.23. The Labute approximate surface area is 153 Å². The van der Waals surface area contributed by atoms with E-state index in [-0.39, 0.29) is 18.1 Å². The number of esters is 2. The first kappa shape index (κ1) is 21.4. The normalized spacial score (nSPS) is 12.6. The molecule has 0 spiro atoms. The topological polar surface area (TPSA) is 110 Å². The van der Waals surface area contributed by atoms with Gasteiger partial charge in [-0.15, -0.1) is 11.6 Å². The second-order valence-corrected chi connectivity index (χ2v) is 5.43. The molecule has 0 heterocycles. The minimum Gasteiger partial charge on any atom is -0.478 e. The highest BCUT2D eigenvalue weighted by atomic mass is 35.5. The number of amides is 1. The number of carboxylic acid groups (broad SMARTS) is 1. The number of hydrogen-bond donors (Lipinski definition) is 1. The van der Waals surface area contributed by atoms with Gasteiger partial charge in [-0.05, 0) is 24.3 Å². The number of hydrogen-bond acceptors (Lipinski definition) is 6. The van der Waals surface area contributed by atoms with Gasteiger partial charge in [0, 0.05) is 32.0 Å². The Morgan fingerprint density at radius 3 is 2.00 bits per heavy atom. The second kappa shape index (κ2) is 9.71. The zero-order valence-electron chi connectivity index (χ0n) is 14.0. The Morgan fingerprint density at radius 2 is 1.58 bits per heavy atom. The Morgan fingerprint density at radius 1 is 1.08 bits per heavy atom. The zero-order valence-corrected chi connectivity index (χ0v) is 14.7. The average molecular weight is 390 g/mol. The molecular formula is C16H17ClFNO7. The highest BCUT2D eigenvalue weighted by Crippen LogP contribution is 2.19. The molecule has 0 fully saturated rings. The van der Waals surface area contributed by atoms with Gasteiger partial charge in [0.2, 0.25) is 12.2 Å². The molecule has 26 heavy (non-hydrogen) atoms. The van der Waals surface area contributed by atoms with E-state index in [4.69, 9.17) is 16.3 Å². The molecule has 142 valence electrons. The molecule has 0 radical (unpaired) electrons. The van der Waals surface area contributed by atoms with Crippen molar-refractivity contribution in [2.75, 3.05) is 17.3 Å². The standard InChI is InChI=1S/C16H17ClFNO7/c1-9(20)25-13(14(16(23)24)26-10(2)21)15(22)19(8-7-17)12-5-3-11(18)4-6-12/h3-6,13-14H,7-8H2,1-2H3,(H,23,24)/t13-,14-/m1/s1. The molecule has 0 aliphatic rings. The van der Waals surface area contributed by atoms with Crippen LogP contribution in [0.5, 0.6) is 0 Å². The molecule has 0 unspecified atom stereocenters. The molecule has 0 aliphatic heterocycles. The van der Waals surface area contributed by atoms with Crippen LogP contribution >= 0.6 is 11.6 Å². The van der Waals surface area contributed by atoms with Gasteiger partial charge in [0.25, 0.3) is 5.91 Å². The number of carbonyl (C=O) groups excluding carboxylic acids is 3. The number of aliphatic carboxylic acids is 1. The number of alkyl halides is 1. The third kappa shape index (κ3) is 5.99. The molecule has 1 amide bonds. The molecule has 10 heteroatoms. The van der Waals surface area contributed by atoms with Gasteiger partial charge in [0.15, 0.2) is 0 Å². The van der Waals surface area contributed by atoms with Crippen molar-refractivity contribution in [2.45, 2.75) is 26.1 Å². The van der Waals surface area contributed by atoms with Gasteiger partial charge in [-0.2, -0.15) is 0 Å². The third-order valence-electron chi connectivity index (χ3n) is 3.06. The minimum atomic E-state index is -2.05. The van der Waals surface area contributed by atoms with Gasteiger partial charge in [0.1, 0.15) is 5.82 Å². The Hall–Kier alpha value is -2.68. The van der Waals surface area contributed by atoms with E-state index in [1.807, 2.05) is 0 Å². The fraction of sp³-hybridized carbons (Fsp3) is 0.375. The summed E-state index contributed by atoms with van der Waals surface area (Å²) in [7, 11) is 0. The number of carbonyl (C=O) groups is 4. The van der Waals surface area contributed by atoms with Crippen LogP contribution in [0.15, 0.2) is 24.3 Å². The molecule has 0 bridgehead atoms. The summed E-state index contributed by atoms with van der Waals surface area (Å²) in [5.74, 6) is -5.18. The Bertz CT molecular complexity index is 680. The fourth-order valence-electron chi connectivity index (χ4n) is 2.07. The molecule has 2 atom stereocenters. The number of nitrogens with zero attached hydrogens (tertiary/aromatic N) is 1. The van der Waals surface area contributed by atoms with E-state index in [1.165, 1.54) is 12.1 Å². The highest BCUT2D eigenvalue weighted by Gasteiger charge is 2.41. The molecule has 8 nitrogen and oxygen atoms in total. The van der Waals surface area contributed by atoms with Crippen LogP contribution in [0.25, 0.3) is 0 Å². The summed E-state index contributed by atoms with van der Waals surface area (Å²) in [6.45, 7) is 1.83. The maximum absolute atomic E-state index is 13.1. The molecule has 0 saturated carbocycles. The molecule has 1 N–H and O–H groups in total. The van der Waals surface area contributed by atoms with Gasteiger partial charge < -0.3 is 19.5 Å². The molecule has 0 aromatic heterocycles. The second-order valence-electron chi connectivity index (χ2n) is 5.05. The average Bonchev–Trinajstić information content (AvgIpc) is 2.55. The predicted octanol–water partition coefficient (Wildman–Crippen LogP) is 1.35. The van der Waals surface area contributed by atoms with Crippen LogP contribution < -0.4 is 4.90 Å². The minimum absolute atomic E-state index is 0.0405. The quantitative estimate of drug-likeness (QED) is 0.527. The van der Waals surface area contributed by atoms with Crippen LogP contribution in [0.3, 0.4) is 0 Å². The summed E-state index contributed by atoms with van der Waals surface area (Å²) in [6.07, 6.45) is -4.00. The van der Waals surface area contributed by atoms with Crippen LogP contribution in [-0.2, 0) is 28.7 Å². The van der Waals surface area contributed by atoms with E-state index in [2.05, 4.69) is 4.74 Å². The molecule has 1 aromatic carbocycles. The largest absolute Gasteiger partial charge is 0.478 e. The monoisotopic (exact) mass is 389 g/mol. The van der Waals surface area contributed by atoms with Crippen LogP contribution in [0.4, 0.5) is 10.1 Å². The summed E-state index contributed by atoms with van der Waals surface area (Å²) in [5.41, 5.74) is 0.196. The summed E-state index contributed by atoms with van der Waals surface area (Å²) < 4.78 is 22.5. The van der Waals surface area contributed by atoms with E-state index in [9.17, 15) is 28.7 Å². The maximum Gasteiger partial charge on any atom is 0.349 e. The van der Waals surface area contributed by atoms with Gasteiger partial charge in [-0.1, -0.05) is 0 Å². The number of ether oxygens (including phenoxy) is 2. The number of carboxylic acids is 1. The van der Waals surface area contributed by atoms with Crippen molar-refractivity contribution >= 4 is 41.1 Å². The lowest BCUT2D eigenvalue weighted by atomic mass is 10.1. The van der Waals surface area contributed by atoms with Crippen molar-refractivity contribution in [3.8, 4) is 0 Å². The first-order chi connectivity index (χ1) is 12.2. The van der Waals surface area contributed by atoms with E-state index in [0.717, 1.165) is 30.9 Å². The van der Waals surface area contributed by atoms with Crippen LogP contribution in [0.2, 0.25) is 0 Å². The summed E-state index contributed by atoms with van der Waals surface area (Å²) >= 11 is 5.68. The lowest BCUT2D eigenvalue weighted by molar-refractivity contribution is -0.180. The SMILES string of the molecule is CC(=O)O[C@@H](C(=O)O)[C@@H](OC(C)=O)C(=O)N(CCCl)c1ccc(F)cc1. The lowest BCUT2D eigenvalue weighted by Gasteiger charge is -2.29. The van der Waals surface area contributed by atoms with Crippen molar-refractivity contribution in [3.05, 3.63) is 30.1 Å². The molecule has 0 saturated heterocycles. The summed E-state index contributed by atoms with van der Waals surface area (Å²) in [6, 6.07) is 4.72. The fourth-order valence-corrected chi connectivity index (χ4v) is 2.24. The number of anilines is 1. The summed E-state index contributed by atoms with van der Waals surface area (Å²) in [4.78, 5) is 47.7. The van der Waals surface area contributed by atoms with Crippen molar-refractivity contribution in [1.29, 1.82) is 0 Å². The van der Waals surface area contributed by atoms with E-state index in [0.29, 0.717) is 0 Å². The van der Waals surface area contributed by atoms with Crippen molar-refractivity contribution in [1.82, 2.24) is 0 Å². The molecule has 0 aliphatic carbocycles. The molecular weight excluding hydrogens is 373 g/mol. The van der Waals surface area contributed by atoms with Crippen molar-refractivity contribution in [2.24, 2.45) is 0 Å². The zero-order chi connectivity index (χ0) is 19.9. The first-order valence-electron chi connectivity index (χ1n) is 7.37. The smallest absolute Gasteiger partial charge is 0.349 e.